The Morgan fingerprint density at radius 3 is 2.67 bits per heavy atom. The van der Waals surface area contributed by atoms with E-state index in [1.54, 1.807) is 41.7 Å². The van der Waals surface area contributed by atoms with Crippen molar-refractivity contribution in [2.45, 2.75) is 17.5 Å². The van der Waals surface area contributed by atoms with Gasteiger partial charge in [0.15, 0.2) is 0 Å². The van der Waals surface area contributed by atoms with Crippen LogP contribution in [0.3, 0.4) is 0 Å². The molecule has 5 nitrogen and oxygen atoms in total. The molecule has 0 fully saturated rings. The number of halogens is 2. The van der Waals surface area contributed by atoms with Gasteiger partial charge in [0.1, 0.15) is 29.0 Å². The maximum absolute atomic E-state index is 12.9. The van der Waals surface area contributed by atoms with Crippen molar-refractivity contribution in [1.82, 2.24) is 20.2 Å². The van der Waals surface area contributed by atoms with Crippen molar-refractivity contribution in [2.75, 3.05) is 0 Å². The van der Waals surface area contributed by atoms with Gasteiger partial charge in [-0.25, -0.2) is 14.4 Å². The van der Waals surface area contributed by atoms with Gasteiger partial charge >= 0.3 is 0 Å². The molecule has 0 unspecified atom stereocenters. The molecule has 0 aliphatic heterocycles. The molecule has 152 valence electrons. The predicted molar refractivity (Wildman–Crippen MR) is 119 cm³/mol. The fourth-order valence-electron chi connectivity index (χ4n) is 2.44. The van der Waals surface area contributed by atoms with E-state index in [4.69, 9.17) is 16.3 Å². The van der Waals surface area contributed by atoms with E-state index in [2.05, 4.69) is 20.2 Å². The average Bonchev–Trinajstić information content (AvgIpc) is 3.41. The van der Waals surface area contributed by atoms with Gasteiger partial charge in [-0.3, -0.25) is 5.10 Å². The molecule has 0 radical (unpaired) electrons. The van der Waals surface area contributed by atoms with E-state index in [0.717, 1.165) is 22.0 Å². The van der Waals surface area contributed by atoms with E-state index in [0.29, 0.717) is 28.4 Å². The molecule has 2 aromatic heterocycles. The highest BCUT2D eigenvalue weighted by atomic mass is 35.5. The van der Waals surface area contributed by atoms with Gasteiger partial charge in [-0.1, -0.05) is 41.6 Å². The van der Waals surface area contributed by atoms with Crippen LogP contribution in [0.2, 0.25) is 5.02 Å². The molecule has 4 rings (SSSR count). The Hall–Kier alpha value is -2.68. The van der Waals surface area contributed by atoms with Crippen LogP contribution in [-0.2, 0) is 12.4 Å². The van der Waals surface area contributed by atoms with E-state index in [-0.39, 0.29) is 5.82 Å². The fraction of sp³-hybridized carbons (Fsp3) is 0.0952. The van der Waals surface area contributed by atoms with Crippen LogP contribution in [0.1, 0.15) is 22.1 Å². The molecule has 2 aromatic carbocycles. The van der Waals surface area contributed by atoms with Crippen LogP contribution in [-0.4, -0.2) is 20.2 Å². The molecular weight excluding hydrogens is 443 g/mol. The zero-order valence-corrected chi connectivity index (χ0v) is 18.0. The summed E-state index contributed by atoms with van der Waals surface area (Å²) in [6.45, 7) is 0.413. The second kappa shape index (κ2) is 9.88. The number of thioether (sulfide) groups is 1. The smallest absolute Gasteiger partial charge is 0.209 e. The number of aromatic amines is 1. The molecule has 2 heterocycles. The standard InChI is InChI=1S/C21H16ClFN4OS2/c22-15-4-8-18(9-5-15)28-11-20-24-17(12-29-20)13-30-21-25-19(26-27-21)10-3-14-1-6-16(23)7-2-14/h1-10,12H,11,13H2,(H,25,26,27)/b10-3+. The highest BCUT2D eigenvalue weighted by molar-refractivity contribution is 7.98. The quantitative estimate of drug-likeness (QED) is 0.323. The van der Waals surface area contributed by atoms with Crippen molar-refractivity contribution in [1.29, 1.82) is 0 Å². The van der Waals surface area contributed by atoms with Crippen molar-refractivity contribution in [3.63, 3.8) is 0 Å². The van der Waals surface area contributed by atoms with E-state index < -0.39 is 0 Å². The summed E-state index contributed by atoms with van der Waals surface area (Å²) >= 11 is 8.93. The van der Waals surface area contributed by atoms with Crippen molar-refractivity contribution in [2.24, 2.45) is 0 Å². The summed E-state index contributed by atoms with van der Waals surface area (Å²) in [6.07, 6.45) is 3.65. The number of hydrogen-bond acceptors (Lipinski definition) is 6. The van der Waals surface area contributed by atoms with Crippen molar-refractivity contribution < 1.29 is 9.13 Å². The first-order valence-corrected chi connectivity index (χ1v) is 11.2. The number of nitrogens with zero attached hydrogens (tertiary/aromatic N) is 3. The highest BCUT2D eigenvalue weighted by Crippen LogP contribution is 2.22. The lowest BCUT2D eigenvalue weighted by Crippen LogP contribution is -1.95. The van der Waals surface area contributed by atoms with E-state index in [1.165, 1.54) is 23.9 Å². The molecule has 0 spiro atoms. The van der Waals surface area contributed by atoms with Gasteiger partial charge in [-0.2, -0.15) is 0 Å². The molecule has 0 bridgehead atoms. The number of benzene rings is 2. The van der Waals surface area contributed by atoms with E-state index in [1.807, 2.05) is 23.6 Å². The third-order valence-electron chi connectivity index (χ3n) is 3.91. The lowest BCUT2D eigenvalue weighted by molar-refractivity contribution is 0.305. The Labute approximate surface area is 186 Å². The van der Waals surface area contributed by atoms with Gasteiger partial charge in [0.25, 0.3) is 0 Å². The SMILES string of the molecule is Fc1ccc(/C=C/c2nc(SCc3csc(COc4ccc(Cl)cc4)n3)n[nH]2)cc1. The molecule has 1 N–H and O–H groups in total. The first kappa shape index (κ1) is 20.6. The van der Waals surface area contributed by atoms with Crippen LogP contribution in [0.25, 0.3) is 12.2 Å². The topological polar surface area (TPSA) is 63.7 Å². The van der Waals surface area contributed by atoms with Crippen LogP contribution in [0, 0.1) is 5.82 Å². The van der Waals surface area contributed by atoms with Crippen LogP contribution in [0.5, 0.6) is 5.75 Å². The number of aromatic nitrogens is 4. The van der Waals surface area contributed by atoms with Crippen LogP contribution < -0.4 is 4.74 Å². The number of nitrogens with one attached hydrogen (secondary N) is 1. The van der Waals surface area contributed by atoms with E-state index in [9.17, 15) is 4.39 Å². The zero-order chi connectivity index (χ0) is 20.8. The normalized spacial score (nSPS) is 11.3. The monoisotopic (exact) mass is 458 g/mol. The lowest BCUT2D eigenvalue weighted by atomic mass is 10.2. The Bertz CT molecular complexity index is 1130. The van der Waals surface area contributed by atoms with Crippen LogP contribution in [0.15, 0.2) is 59.1 Å². The van der Waals surface area contributed by atoms with E-state index >= 15 is 0 Å². The zero-order valence-electron chi connectivity index (χ0n) is 15.6. The minimum atomic E-state index is -0.257. The Balaban J connectivity index is 1.27. The molecule has 9 heteroatoms. The lowest BCUT2D eigenvalue weighted by Gasteiger charge is -2.03. The minimum Gasteiger partial charge on any atom is -0.486 e. The number of hydrogen-bond donors (Lipinski definition) is 1. The Morgan fingerprint density at radius 1 is 1.07 bits per heavy atom. The Morgan fingerprint density at radius 2 is 1.87 bits per heavy atom. The average molecular weight is 459 g/mol. The first-order chi connectivity index (χ1) is 14.6. The number of H-pyrrole nitrogens is 1. The van der Waals surface area contributed by atoms with Crippen LogP contribution in [0.4, 0.5) is 4.39 Å². The molecule has 0 amide bonds. The summed E-state index contributed by atoms with van der Waals surface area (Å²) < 4.78 is 18.7. The second-order valence-electron chi connectivity index (χ2n) is 6.15. The molecule has 0 atom stereocenters. The number of ether oxygens (including phenoxy) is 1. The molecule has 30 heavy (non-hydrogen) atoms. The summed E-state index contributed by atoms with van der Waals surface area (Å²) in [4.78, 5) is 9.01. The molecule has 4 aromatic rings. The maximum Gasteiger partial charge on any atom is 0.209 e. The van der Waals surface area contributed by atoms with Crippen molar-refractivity contribution >= 4 is 46.9 Å². The number of rotatable bonds is 8. The maximum atomic E-state index is 12.9. The van der Waals surface area contributed by atoms with Crippen LogP contribution >= 0.6 is 34.7 Å². The predicted octanol–water partition coefficient (Wildman–Crippen LogP) is 6.10. The summed E-state index contributed by atoms with van der Waals surface area (Å²) in [5, 5.41) is 11.3. The largest absolute Gasteiger partial charge is 0.486 e. The number of thiazole rings is 1. The third-order valence-corrected chi connectivity index (χ3v) is 5.91. The highest BCUT2D eigenvalue weighted by Gasteiger charge is 2.07. The van der Waals surface area contributed by atoms with Crippen molar-refractivity contribution in [3.05, 3.63) is 86.8 Å². The van der Waals surface area contributed by atoms with Gasteiger partial charge in [0.2, 0.25) is 5.16 Å². The molecule has 0 aliphatic carbocycles. The Kier molecular flexibility index (Phi) is 6.78. The van der Waals surface area contributed by atoms with Gasteiger partial charge < -0.3 is 4.74 Å². The van der Waals surface area contributed by atoms with Gasteiger partial charge in [0, 0.05) is 16.2 Å². The fourth-order valence-corrected chi connectivity index (χ4v) is 4.08. The van der Waals surface area contributed by atoms with Gasteiger partial charge in [-0.05, 0) is 48.0 Å². The second-order valence-corrected chi connectivity index (χ2v) is 8.47. The van der Waals surface area contributed by atoms with Gasteiger partial charge in [0.05, 0.1) is 5.69 Å². The van der Waals surface area contributed by atoms with Gasteiger partial charge in [-0.15, -0.1) is 16.4 Å². The summed E-state index contributed by atoms with van der Waals surface area (Å²) in [6, 6.07) is 13.5. The first-order valence-electron chi connectivity index (χ1n) is 8.94. The molecule has 0 saturated heterocycles. The molecular formula is C21H16ClFN4OS2. The molecule has 0 saturated carbocycles. The third kappa shape index (κ3) is 5.91. The summed E-state index contributed by atoms with van der Waals surface area (Å²) in [7, 11) is 0. The summed E-state index contributed by atoms with van der Waals surface area (Å²) in [5.74, 6) is 1.80. The summed E-state index contributed by atoms with van der Waals surface area (Å²) in [5.41, 5.74) is 1.84. The minimum absolute atomic E-state index is 0.257. The van der Waals surface area contributed by atoms with Crippen molar-refractivity contribution in [3.8, 4) is 5.75 Å². The molecule has 0 aliphatic rings.